The number of nitrogens with zero attached hydrogens (tertiary/aromatic N) is 2. The Bertz CT molecular complexity index is 420. The second-order valence-corrected chi connectivity index (χ2v) is 5.50. The zero-order valence-electron chi connectivity index (χ0n) is 9.62. The van der Waals surface area contributed by atoms with Gasteiger partial charge in [0.2, 0.25) is 0 Å². The number of hydrogen-bond donors (Lipinski definition) is 1. The van der Waals surface area contributed by atoms with E-state index >= 15 is 0 Å². The van der Waals surface area contributed by atoms with Crippen LogP contribution in [0.2, 0.25) is 0 Å². The predicted octanol–water partition coefficient (Wildman–Crippen LogP) is 1.48. The Morgan fingerprint density at radius 1 is 1.53 bits per heavy atom. The first-order valence-corrected chi connectivity index (χ1v) is 5.74. The smallest absolute Gasteiger partial charge is 0.0644 e. The molecule has 1 N–H and O–H groups in total. The molecule has 0 radical (unpaired) electrons. The fraction of sp³-hybridized carbons (Fsp3) is 0.750. The van der Waals surface area contributed by atoms with Gasteiger partial charge in [0.15, 0.2) is 0 Å². The topological polar surface area (TPSA) is 38.0 Å². The molecule has 0 amide bonds. The highest BCUT2D eigenvalue weighted by atomic mass is 16.3. The van der Waals surface area contributed by atoms with Crippen LogP contribution >= 0.6 is 0 Å². The summed E-state index contributed by atoms with van der Waals surface area (Å²) in [5, 5.41) is 13.5. The van der Waals surface area contributed by atoms with E-state index in [0.717, 1.165) is 18.3 Å². The maximum Gasteiger partial charge on any atom is 0.0644 e. The zero-order chi connectivity index (χ0) is 10.8. The Kier molecular flexibility index (Phi) is 1.66. The van der Waals surface area contributed by atoms with Crippen LogP contribution in [0.5, 0.6) is 0 Å². The quantitative estimate of drug-likeness (QED) is 0.796. The molecule has 3 nitrogen and oxygen atoms in total. The lowest BCUT2D eigenvalue weighted by Crippen LogP contribution is -2.10. The molecule has 82 valence electrons. The molecule has 0 unspecified atom stereocenters. The van der Waals surface area contributed by atoms with Gasteiger partial charge in [-0.2, -0.15) is 5.10 Å². The Morgan fingerprint density at radius 3 is 2.93 bits per heavy atom. The van der Waals surface area contributed by atoms with Crippen LogP contribution in [0.3, 0.4) is 0 Å². The molecule has 0 aromatic carbocycles. The van der Waals surface area contributed by atoms with Crippen molar-refractivity contribution in [1.82, 2.24) is 9.78 Å². The molecule has 1 saturated carbocycles. The third kappa shape index (κ3) is 1.02. The van der Waals surface area contributed by atoms with Crippen molar-refractivity contribution >= 4 is 0 Å². The minimum atomic E-state index is 0.187. The normalized spacial score (nSPS) is 30.1. The molecule has 0 saturated heterocycles. The number of aromatic nitrogens is 2. The van der Waals surface area contributed by atoms with Crippen molar-refractivity contribution in [3.8, 4) is 0 Å². The summed E-state index contributed by atoms with van der Waals surface area (Å²) < 4.78 is 2.01. The molecule has 3 rings (SSSR count). The lowest BCUT2D eigenvalue weighted by atomic mass is 9.98. The van der Waals surface area contributed by atoms with E-state index in [4.69, 9.17) is 5.11 Å². The lowest BCUT2D eigenvalue weighted by Gasteiger charge is -2.10. The first-order valence-electron chi connectivity index (χ1n) is 5.74. The van der Waals surface area contributed by atoms with Crippen molar-refractivity contribution in [1.29, 1.82) is 0 Å². The third-order valence-corrected chi connectivity index (χ3v) is 4.37. The monoisotopic (exact) mass is 206 g/mol. The van der Waals surface area contributed by atoms with Crippen molar-refractivity contribution in [3.05, 3.63) is 17.0 Å². The Morgan fingerprint density at radius 2 is 2.27 bits per heavy atom. The molecule has 1 aromatic rings. The third-order valence-electron chi connectivity index (χ3n) is 4.37. The van der Waals surface area contributed by atoms with Gasteiger partial charge in [0.05, 0.1) is 18.8 Å². The summed E-state index contributed by atoms with van der Waals surface area (Å²) in [7, 11) is 0. The number of fused-ring (bicyclic) bond motifs is 3. The van der Waals surface area contributed by atoms with Crippen LogP contribution in [0.4, 0.5) is 0 Å². The number of rotatable bonds is 2. The number of hydrogen-bond acceptors (Lipinski definition) is 2. The van der Waals surface area contributed by atoms with Crippen LogP contribution in [-0.4, -0.2) is 21.5 Å². The predicted molar refractivity (Wildman–Crippen MR) is 57.8 cm³/mol. The van der Waals surface area contributed by atoms with E-state index in [2.05, 4.69) is 25.9 Å². The van der Waals surface area contributed by atoms with Gasteiger partial charge in [-0.25, -0.2) is 0 Å². The summed E-state index contributed by atoms with van der Waals surface area (Å²) in [6.07, 6.45) is 1.16. The van der Waals surface area contributed by atoms with Gasteiger partial charge in [0.25, 0.3) is 0 Å². The van der Waals surface area contributed by atoms with Crippen LogP contribution in [0, 0.1) is 18.3 Å². The average molecular weight is 206 g/mol. The van der Waals surface area contributed by atoms with Crippen molar-refractivity contribution in [3.63, 3.8) is 0 Å². The average Bonchev–Trinajstić information content (AvgIpc) is 2.54. The van der Waals surface area contributed by atoms with Gasteiger partial charge in [-0.05, 0) is 30.6 Å². The second kappa shape index (κ2) is 2.64. The zero-order valence-corrected chi connectivity index (χ0v) is 9.62. The highest BCUT2D eigenvalue weighted by Crippen LogP contribution is 2.70. The van der Waals surface area contributed by atoms with Crippen molar-refractivity contribution in [2.75, 3.05) is 6.61 Å². The van der Waals surface area contributed by atoms with Gasteiger partial charge in [0.1, 0.15) is 0 Å². The minimum Gasteiger partial charge on any atom is -0.394 e. The van der Waals surface area contributed by atoms with Crippen LogP contribution in [-0.2, 0) is 13.0 Å². The van der Waals surface area contributed by atoms with Gasteiger partial charge >= 0.3 is 0 Å². The van der Waals surface area contributed by atoms with Gasteiger partial charge in [-0.1, -0.05) is 13.8 Å². The van der Waals surface area contributed by atoms with Crippen LogP contribution in [0.1, 0.15) is 36.7 Å². The molecular formula is C12H18N2O. The summed E-state index contributed by atoms with van der Waals surface area (Å²) in [6.45, 7) is 7.65. The number of aryl methyl sites for hydroxylation is 1. The summed E-state index contributed by atoms with van der Waals surface area (Å²) in [5.74, 6) is 1.56. The van der Waals surface area contributed by atoms with E-state index in [-0.39, 0.29) is 6.61 Å². The minimum absolute atomic E-state index is 0.187. The van der Waals surface area contributed by atoms with Crippen molar-refractivity contribution in [2.45, 2.75) is 39.7 Å². The van der Waals surface area contributed by atoms with Crippen LogP contribution < -0.4 is 0 Å². The van der Waals surface area contributed by atoms with E-state index in [1.807, 2.05) is 4.68 Å². The van der Waals surface area contributed by atoms with Crippen LogP contribution in [0.25, 0.3) is 0 Å². The Labute approximate surface area is 90.1 Å². The first kappa shape index (κ1) is 9.40. The molecule has 0 spiro atoms. The van der Waals surface area contributed by atoms with Gasteiger partial charge in [-0.3, -0.25) is 4.68 Å². The maximum atomic E-state index is 8.98. The van der Waals surface area contributed by atoms with Gasteiger partial charge < -0.3 is 5.11 Å². The fourth-order valence-electron chi connectivity index (χ4n) is 3.45. The van der Waals surface area contributed by atoms with E-state index < -0.39 is 0 Å². The van der Waals surface area contributed by atoms with Crippen molar-refractivity contribution in [2.24, 2.45) is 11.3 Å². The number of aliphatic hydroxyl groups excluding tert-OH is 1. The SMILES string of the molecule is Cc1nn(CCO)c2c1[C@@H]1[C@H](C2)C1(C)C. The molecule has 2 atom stereocenters. The summed E-state index contributed by atoms with van der Waals surface area (Å²) in [5.41, 5.74) is 4.54. The van der Waals surface area contributed by atoms with Crippen LogP contribution in [0.15, 0.2) is 0 Å². The molecule has 1 aromatic heterocycles. The summed E-state index contributed by atoms with van der Waals surface area (Å²) in [6, 6.07) is 0. The highest BCUT2D eigenvalue weighted by Gasteiger charge is 2.63. The van der Waals surface area contributed by atoms with E-state index in [0.29, 0.717) is 12.0 Å². The van der Waals surface area contributed by atoms with Crippen molar-refractivity contribution < 1.29 is 5.11 Å². The highest BCUT2D eigenvalue weighted by molar-refractivity contribution is 5.45. The maximum absolute atomic E-state index is 8.98. The molecule has 15 heavy (non-hydrogen) atoms. The standard InChI is InChI=1S/C12H18N2O/c1-7-10-9(14(13-7)4-5-15)6-8-11(10)12(8,2)3/h8,11,15H,4-6H2,1-3H3/t8-,11-/m0/s1. The largest absolute Gasteiger partial charge is 0.394 e. The molecule has 3 heteroatoms. The van der Waals surface area contributed by atoms with E-state index in [1.165, 1.54) is 17.0 Å². The molecule has 2 aliphatic carbocycles. The van der Waals surface area contributed by atoms with Gasteiger partial charge in [-0.15, -0.1) is 0 Å². The summed E-state index contributed by atoms with van der Waals surface area (Å²) in [4.78, 5) is 0. The van der Waals surface area contributed by atoms with E-state index in [1.54, 1.807) is 0 Å². The lowest BCUT2D eigenvalue weighted by molar-refractivity contribution is 0.266. The second-order valence-electron chi connectivity index (χ2n) is 5.50. The van der Waals surface area contributed by atoms with Gasteiger partial charge in [0, 0.05) is 11.3 Å². The molecule has 2 aliphatic rings. The number of aliphatic hydroxyl groups is 1. The molecule has 0 bridgehead atoms. The fourth-order valence-corrected chi connectivity index (χ4v) is 3.45. The molecule has 0 aliphatic heterocycles. The molecule has 1 heterocycles. The Balaban J connectivity index is 2.03. The molecule has 1 fully saturated rings. The summed E-state index contributed by atoms with van der Waals surface area (Å²) >= 11 is 0. The van der Waals surface area contributed by atoms with E-state index in [9.17, 15) is 0 Å². The Hall–Kier alpha value is -0.830. The first-order chi connectivity index (χ1) is 7.07. The molecular weight excluding hydrogens is 188 g/mol.